The molecule has 2 aromatic rings. The molecule has 1 heterocycles. The largest absolute Gasteiger partial charge is 0.481 e. The van der Waals surface area contributed by atoms with Crippen molar-refractivity contribution in [2.75, 3.05) is 13.1 Å². The summed E-state index contributed by atoms with van der Waals surface area (Å²) in [5.41, 5.74) is 7.76. The third kappa shape index (κ3) is 4.66. The van der Waals surface area contributed by atoms with Crippen LogP contribution < -0.4 is 11.1 Å². The van der Waals surface area contributed by atoms with Crippen LogP contribution in [-0.4, -0.2) is 46.8 Å². The SMILES string of the molecule is NC(=O)c1ccccc1C(=O)NC[C@@H]1c2ccccc2CCN1C(=O)[C@@H]1CCCCC1C(=O)O. The molecule has 4 N–H and O–H groups in total. The number of aliphatic carboxylic acids is 1. The van der Waals surface area contributed by atoms with Gasteiger partial charge in [0.15, 0.2) is 0 Å². The summed E-state index contributed by atoms with van der Waals surface area (Å²) in [7, 11) is 0. The van der Waals surface area contributed by atoms with E-state index in [1.54, 1.807) is 17.0 Å². The molecule has 1 fully saturated rings. The topological polar surface area (TPSA) is 130 Å². The average Bonchev–Trinajstić information content (AvgIpc) is 2.86. The molecule has 3 amide bonds. The van der Waals surface area contributed by atoms with E-state index in [9.17, 15) is 24.3 Å². The van der Waals surface area contributed by atoms with Crippen LogP contribution in [0.2, 0.25) is 0 Å². The number of nitrogens with two attached hydrogens (primary N) is 1. The summed E-state index contributed by atoms with van der Waals surface area (Å²) in [6.07, 6.45) is 3.36. The third-order valence-corrected chi connectivity index (χ3v) is 6.99. The molecule has 3 atom stereocenters. The van der Waals surface area contributed by atoms with Gasteiger partial charge in [0.2, 0.25) is 11.8 Å². The van der Waals surface area contributed by atoms with Gasteiger partial charge in [-0.3, -0.25) is 19.2 Å². The summed E-state index contributed by atoms with van der Waals surface area (Å²) in [5.74, 6) is -3.49. The normalized spacial score (nSPS) is 21.9. The lowest BCUT2D eigenvalue weighted by Gasteiger charge is -2.41. The first-order valence-electron chi connectivity index (χ1n) is 11.7. The summed E-state index contributed by atoms with van der Waals surface area (Å²) in [6, 6.07) is 13.7. The number of benzene rings is 2. The molecule has 0 radical (unpaired) electrons. The second-order valence-electron chi connectivity index (χ2n) is 8.95. The number of amides is 3. The highest BCUT2D eigenvalue weighted by Gasteiger charge is 2.41. The maximum absolute atomic E-state index is 13.6. The Hall–Kier alpha value is -3.68. The molecular formula is C26H29N3O5. The summed E-state index contributed by atoms with van der Waals surface area (Å²) in [6.45, 7) is 0.593. The van der Waals surface area contributed by atoms with E-state index in [1.165, 1.54) is 12.1 Å². The Balaban J connectivity index is 1.59. The van der Waals surface area contributed by atoms with E-state index in [0.29, 0.717) is 25.8 Å². The predicted molar refractivity (Wildman–Crippen MR) is 125 cm³/mol. The van der Waals surface area contributed by atoms with Crippen molar-refractivity contribution in [1.29, 1.82) is 0 Å². The number of carbonyl (C=O) groups is 4. The predicted octanol–water partition coefficient (Wildman–Crippen LogP) is 2.53. The van der Waals surface area contributed by atoms with Crippen LogP contribution in [0.4, 0.5) is 0 Å². The lowest BCUT2D eigenvalue weighted by molar-refractivity contribution is -0.153. The minimum Gasteiger partial charge on any atom is -0.481 e. The van der Waals surface area contributed by atoms with Crippen molar-refractivity contribution in [3.8, 4) is 0 Å². The zero-order valence-corrected chi connectivity index (χ0v) is 18.9. The zero-order valence-electron chi connectivity index (χ0n) is 18.9. The number of hydrogen-bond acceptors (Lipinski definition) is 4. The molecule has 8 nitrogen and oxygen atoms in total. The van der Waals surface area contributed by atoms with Gasteiger partial charge in [-0.25, -0.2) is 0 Å². The molecule has 1 aliphatic carbocycles. The van der Waals surface area contributed by atoms with Crippen LogP contribution in [0, 0.1) is 11.8 Å². The van der Waals surface area contributed by atoms with Crippen molar-refractivity contribution < 1.29 is 24.3 Å². The van der Waals surface area contributed by atoms with Crippen LogP contribution in [0.1, 0.15) is 63.6 Å². The quantitative estimate of drug-likeness (QED) is 0.606. The molecule has 0 spiro atoms. The summed E-state index contributed by atoms with van der Waals surface area (Å²) in [5, 5.41) is 12.6. The summed E-state index contributed by atoms with van der Waals surface area (Å²) in [4.78, 5) is 51.9. The van der Waals surface area contributed by atoms with Gasteiger partial charge in [-0.05, 0) is 42.5 Å². The van der Waals surface area contributed by atoms with E-state index < -0.39 is 35.7 Å². The molecule has 0 saturated heterocycles. The van der Waals surface area contributed by atoms with Gasteiger partial charge in [0, 0.05) is 13.1 Å². The van der Waals surface area contributed by atoms with Crippen molar-refractivity contribution in [3.63, 3.8) is 0 Å². The Morgan fingerprint density at radius 1 is 0.941 bits per heavy atom. The van der Waals surface area contributed by atoms with Crippen molar-refractivity contribution in [2.45, 2.75) is 38.1 Å². The van der Waals surface area contributed by atoms with E-state index in [1.807, 2.05) is 24.3 Å². The van der Waals surface area contributed by atoms with Gasteiger partial charge in [-0.2, -0.15) is 0 Å². The van der Waals surface area contributed by atoms with Gasteiger partial charge < -0.3 is 21.1 Å². The smallest absolute Gasteiger partial charge is 0.307 e. The molecule has 0 bridgehead atoms. The standard InChI is InChI=1S/C26H29N3O5/c27-23(30)18-9-3-4-10-19(18)24(31)28-15-22-17-8-2-1-7-16(17)13-14-29(22)25(32)20-11-5-6-12-21(20)26(33)34/h1-4,7-10,20-22H,5-6,11-15H2,(H2,27,30)(H,28,31)(H,33,34)/t20-,21?,22-/m1/s1. The maximum atomic E-state index is 13.6. The number of primary amides is 1. The zero-order chi connectivity index (χ0) is 24.2. The summed E-state index contributed by atoms with van der Waals surface area (Å²) >= 11 is 0. The number of rotatable bonds is 6. The van der Waals surface area contributed by atoms with E-state index >= 15 is 0 Å². The molecule has 1 aliphatic heterocycles. The molecule has 0 aromatic heterocycles. The lowest BCUT2D eigenvalue weighted by Crippen LogP contribution is -2.49. The number of nitrogens with zero attached hydrogens (tertiary/aromatic N) is 1. The number of carbonyl (C=O) groups excluding carboxylic acids is 3. The van der Waals surface area contributed by atoms with E-state index in [-0.39, 0.29) is 23.6 Å². The fourth-order valence-electron chi connectivity index (χ4n) is 5.25. The van der Waals surface area contributed by atoms with Gasteiger partial charge in [-0.1, -0.05) is 49.2 Å². The average molecular weight is 464 g/mol. The molecular weight excluding hydrogens is 434 g/mol. The summed E-state index contributed by atoms with van der Waals surface area (Å²) < 4.78 is 0. The molecule has 2 aromatic carbocycles. The first kappa shape index (κ1) is 23.5. The molecule has 1 unspecified atom stereocenters. The number of carboxylic acids is 1. The Bertz CT molecular complexity index is 1120. The van der Waals surface area contributed by atoms with Gasteiger partial charge >= 0.3 is 5.97 Å². The number of hydrogen-bond donors (Lipinski definition) is 3. The van der Waals surface area contributed by atoms with Crippen LogP contribution in [0.5, 0.6) is 0 Å². The van der Waals surface area contributed by atoms with Crippen LogP contribution >= 0.6 is 0 Å². The molecule has 8 heteroatoms. The second kappa shape index (κ2) is 10.1. The van der Waals surface area contributed by atoms with Crippen molar-refractivity contribution in [1.82, 2.24) is 10.2 Å². The highest BCUT2D eigenvalue weighted by atomic mass is 16.4. The fourth-order valence-corrected chi connectivity index (χ4v) is 5.25. The second-order valence-corrected chi connectivity index (χ2v) is 8.95. The number of carboxylic acid groups (broad SMARTS) is 1. The van der Waals surface area contributed by atoms with Crippen LogP contribution in [0.3, 0.4) is 0 Å². The van der Waals surface area contributed by atoms with Crippen molar-refractivity contribution in [2.24, 2.45) is 17.6 Å². The van der Waals surface area contributed by atoms with E-state index in [2.05, 4.69) is 5.32 Å². The Labute approximate surface area is 198 Å². The maximum Gasteiger partial charge on any atom is 0.307 e. The first-order chi connectivity index (χ1) is 16.4. The molecule has 178 valence electrons. The van der Waals surface area contributed by atoms with Crippen LogP contribution in [0.25, 0.3) is 0 Å². The number of fused-ring (bicyclic) bond motifs is 1. The monoisotopic (exact) mass is 463 g/mol. The van der Waals surface area contributed by atoms with Gasteiger partial charge in [-0.15, -0.1) is 0 Å². The molecule has 34 heavy (non-hydrogen) atoms. The number of nitrogens with one attached hydrogen (secondary N) is 1. The van der Waals surface area contributed by atoms with Crippen LogP contribution in [0.15, 0.2) is 48.5 Å². The van der Waals surface area contributed by atoms with Crippen molar-refractivity contribution in [3.05, 3.63) is 70.8 Å². The van der Waals surface area contributed by atoms with Crippen molar-refractivity contribution >= 4 is 23.7 Å². The fraction of sp³-hybridized carbons (Fsp3) is 0.385. The first-order valence-corrected chi connectivity index (χ1v) is 11.7. The van der Waals surface area contributed by atoms with E-state index in [4.69, 9.17) is 5.73 Å². The Morgan fingerprint density at radius 2 is 1.59 bits per heavy atom. The van der Waals surface area contributed by atoms with Gasteiger partial charge in [0.25, 0.3) is 5.91 Å². The molecule has 1 saturated carbocycles. The minimum absolute atomic E-state index is 0.128. The molecule has 2 aliphatic rings. The molecule has 4 rings (SSSR count). The Morgan fingerprint density at radius 3 is 2.29 bits per heavy atom. The minimum atomic E-state index is -0.927. The lowest BCUT2D eigenvalue weighted by atomic mass is 9.77. The van der Waals surface area contributed by atoms with Crippen LogP contribution in [-0.2, 0) is 16.0 Å². The third-order valence-electron chi connectivity index (χ3n) is 6.99. The van der Waals surface area contributed by atoms with Gasteiger partial charge in [0.1, 0.15) is 0 Å². The highest BCUT2D eigenvalue weighted by Crippen LogP contribution is 2.36. The van der Waals surface area contributed by atoms with Gasteiger partial charge in [0.05, 0.1) is 29.0 Å². The van der Waals surface area contributed by atoms with E-state index in [0.717, 1.165) is 24.0 Å². The highest BCUT2D eigenvalue weighted by molar-refractivity contribution is 6.06. The Kier molecular flexibility index (Phi) is 6.95.